The first-order valence-electron chi connectivity index (χ1n) is 8.78. The van der Waals surface area contributed by atoms with E-state index in [1.807, 2.05) is 28.6 Å². The van der Waals surface area contributed by atoms with Crippen LogP contribution in [0, 0.1) is 6.92 Å². The first-order valence-corrected chi connectivity index (χ1v) is 8.78. The molecule has 130 valence electrons. The number of carbonyl (C=O) groups is 1. The van der Waals surface area contributed by atoms with Gasteiger partial charge in [-0.15, -0.1) is 0 Å². The first-order chi connectivity index (χ1) is 12.0. The van der Waals surface area contributed by atoms with E-state index < -0.39 is 0 Å². The van der Waals surface area contributed by atoms with Crippen LogP contribution in [0.15, 0.2) is 30.6 Å². The van der Waals surface area contributed by atoms with Crippen LogP contribution in [0.2, 0.25) is 0 Å². The fourth-order valence-corrected chi connectivity index (χ4v) is 3.67. The van der Waals surface area contributed by atoms with Crippen LogP contribution in [0.25, 0.3) is 11.0 Å². The Morgan fingerprint density at radius 3 is 2.88 bits per heavy atom. The number of pyridine rings is 1. The van der Waals surface area contributed by atoms with Crippen LogP contribution in [0.4, 0.5) is 0 Å². The van der Waals surface area contributed by atoms with E-state index in [1.54, 1.807) is 6.20 Å². The van der Waals surface area contributed by atoms with Gasteiger partial charge in [0.05, 0.1) is 23.5 Å². The van der Waals surface area contributed by atoms with Crippen LogP contribution < -0.4 is 0 Å². The lowest BCUT2D eigenvalue weighted by atomic mass is 10.1. The van der Waals surface area contributed by atoms with Crippen LogP contribution >= 0.6 is 0 Å². The van der Waals surface area contributed by atoms with Gasteiger partial charge in [0.25, 0.3) is 5.91 Å². The normalized spacial score (nSPS) is 17.3. The zero-order valence-corrected chi connectivity index (χ0v) is 15.1. The van der Waals surface area contributed by atoms with Crippen LogP contribution in [0.1, 0.15) is 54.6 Å². The summed E-state index contributed by atoms with van der Waals surface area (Å²) in [5.41, 5.74) is 3.44. The molecule has 0 bridgehead atoms. The van der Waals surface area contributed by atoms with Crippen LogP contribution in [0.3, 0.4) is 0 Å². The van der Waals surface area contributed by atoms with Gasteiger partial charge < -0.3 is 9.47 Å². The van der Waals surface area contributed by atoms with Crippen molar-refractivity contribution in [3.8, 4) is 0 Å². The molecule has 1 amide bonds. The molecule has 0 aromatic carbocycles. The maximum atomic E-state index is 13.2. The molecule has 0 saturated carbocycles. The van der Waals surface area contributed by atoms with Crippen molar-refractivity contribution >= 4 is 16.9 Å². The summed E-state index contributed by atoms with van der Waals surface area (Å²) in [7, 11) is 0. The lowest BCUT2D eigenvalue weighted by molar-refractivity contribution is 0.0643. The summed E-state index contributed by atoms with van der Waals surface area (Å²) in [5, 5.41) is 5.33. The molecular formula is C19H23N5O. The van der Waals surface area contributed by atoms with Crippen molar-refractivity contribution in [3.05, 3.63) is 47.5 Å². The molecule has 6 heteroatoms. The van der Waals surface area contributed by atoms with E-state index in [0.29, 0.717) is 12.1 Å². The van der Waals surface area contributed by atoms with Gasteiger partial charge in [-0.2, -0.15) is 5.10 Å². The number of hydrogen-bond acceptors (Lipinski definition) is 3. The highest BCUT2D eigenvalue weighted by Gasteiger charge is 2.29. The predicted octanol–water partition coefficient (Wildman–Crippen LogP) is 3.34. The molecule has 0 aliphatic carbocycles. The molecular weight excluding hydrogens is 314 g/mol. The smallest absolute Gasteiger partial charge is 0.256 e. The fourth-order valence-electron chi connectivity index (χ4n) is 3.67. The molecule has 1 aliphatic heterocycles. The first kappa shape index (κ1) is 15.9. The number of hydrogen-bond donors (Lipinski definition) is 0. The summed E-state index contributed by atoms with van der Waals surface area (Å²) in [6.07, 6.45) is 3.87. The second-order valence-electron chi connectivity index (χ2n) is 7.02. The molecule has 4 heterocycles. The summed E-state index contributed by atoms with van der Waals surface area (Å²) in [6.45, 7) is 9.69. The summed E-state index contributed by atoms with van der Waals surface area (Å²) in [4.78, 5) is 19.8. The van der Waals surface area contributed by atoms with E-state index in [4.69, 9.17) is 0 Å². The molecule has 0 radical (unpaired) electrons. The van der Waals surface area contributed by atoms with Crippen LogP contribution in [-0.2, 0) is 6.54 Å². The second kappa shape index (κ2) is 5.72. The van der Waals surface area contributed by atoms with Gasteiger partial charge in [-0.1, -0.05) is 0 Å². The molecule has 1 aliphatic rings. The van der Waals surface area contributed by atoms with E-state index in [2.05, 4.69) is 47.7 Å². The molecule has 0 N–H and O–H groups in total. The average Bonchev–Trinajstić information content (AvgIpc) is 3.20. The van der Waals surface area contributed by atoms with Crippen molar-refractivity contribution in [1.29, 1.82) is 0 Å². The number of aryl methyl sites for hydroxylation is 1. The predicted molar refractivity (Wildman–Crippen MR) is 96.5 cm³/mol. The van der Waals surface area contributed by atoms with E-state index in [9.17, 15) is 4.79 Å². The minimum atomic E-state index is 0.0455. The van der Waals surface area contributed by atoms with E-state index >= 15 is 0 Å². The standard InChI is InChI=1S/C19H23N5O/c1-12(2)24-18-15(11-20-24)10-16(13(3)21-18)19(25)23-9-8-22-7-5-6-17(22)14(23)4/h5-7,10-12,14H,8-9H2,1-4H3/t14-/m1/s1. The van der Waals surface area contributed by atoms with E-state index in [0.717, 1.165) is 23.3 Å². The molecule has 3 aromatic heterocycles. The zero-order chi connectivity index (χ0) is 17.7. The third-order valence-electron chi connectivity index (χ3n) is 5.08. The van der Waals surface area contributed by atoms with Crippen molar-refractivity contribution in [2.24, 2.45) is 0 Å². The second-order valence-corrected chi connectivity index (χ2v) is 7.02. The molecule has 25 heavy (non-hydrogen) atoms. The third-order valence-corrected chi connectivity index (χ3v) is 5.08. The number of aromatic nitrogens is 4. The van der Waals surface area contributed by atoms with Crippen LogP contribution in [0.5, 0.6) is 0 Å². The zero-order valence-electron chi connectivity index (χ0n) is 15.1. The van der Waals surface area contributed by atoms with Crippen molar-refractivity contribution in [3.63, 3.8) is 0 Å². The van der Waals surface area contributed by atoms with Gasteiger partial charge in [0.1, 0.15) is 0 Å². The maximum Gasteiger partial charge on any atom is 0.256 e. The number of nitrogens with zero attached hydrogens (tertiary/aromatic N) is 5. The summed E-state index contributed by atoms with van der Waals surface area (Å²) in [5.74, 6) is 0.0455. The van der Waals surface area contributed by atoms with Crippen molar-refractivity contribution < 1.29 is 4.79 Å². The van der Waals surface area contributed by atoms with E-state index in [1.165, 1.54) is 5.69 Å². The summed E-state index contributed by atoms with van der Waals surface area (Å²) in [6, 6.07) is 6.36. The Morgan fingerprint density at radius 1 is 1.32 bits per heavy atom. The third kappa shape index (κ3) is 2.44. The monoisotopic (exact) mass is 337 g/mol. The molecule has 6 nitrogen and oxygen atoms in total. The Balaban J connectivity index is 1.72. The summed E-state index contributed by atoms with van der Waals surface area (Å²) < 4.78 is 4.11. The molecule has 0 fully saturated rings. The highest BCUT2D eigenvalue weighted by Crippen LogP contribution is 2.28. The minimum absolute atomic E-state index is 0.0455. The highest BCUT2D eigenvalue weighted by atomic mass is 16.2. The lowest BCUT2D eigenvalue weighted by Gasteiger charge is -2.35. The van der Waals surface area contributed by atoms with Crippen molar-refractivity contribution in [2.75, 3.05) is 6.54 Å². The van der Waals surface area contributed by atoms with Crippen molar-refractivity contribution in [2.45, 2.75) is 46.3 Å². The quantitative estimate of drug-likeness (QED) is 0.721. The van der Waals surface area contributed by atoms with Crippen molar-refractivity contribution in [1.82, 2.24) is 24.2 Å². The van der Waals surface area contributed by atoms with Gasteiger partial charge in [-0.25, -0.2) is 9.67 Å². The SMILES string of the molecule is Cc1nc2c(cnn2C(C)C)cc1C(=O)N1CCn2cccc2[C@H]1C. The Hall–Kier alpha value is -2.63. The van der Waals surface area contributed by atoms with Gasteiger partial charge in [0.2, 0.25) is 0 Å². The minimum Gasteiger partial charge on any atom is -0.348 e. The number of carbonyl (C=O) groups excluding carboxylic acids is 1. The van der Waals surface area contributed by atoms with Gasteiger partial charge in [0, 0.05) is 36.4 Å². The Kier molecular flexibility index (Phi) is 3.63. The van der Waals surface area contributed by atoms with Gasteiger partial charge in [0.15, 0.2) is 5.65 Å². The maximum absolute atomic E-state index is 13.2. The molecule has 1 atom stereocenters. The molecule has 0 unspecified atom stereocenters. The molecule has 3 aromatic rings. The fraction of sp³-hybridized carbons (Fsp3) is 0.421. The molecule has 0 spiro atoms. The van der Waals surface area contributed by atoms with Gasteiger partial charge in [-0.05, 0) is 45.9 Å². The number of rotatable bonds is 2. The Labute approximate surface area is 147 Å². The van der Waals surface area contributed by atoms with Crippen LogP contribution in [-0.4, -0.2) is 36.7 Å². The topological polar surface area (TPSA) is 56.0 Å². The highest BCUT2D eigenvalue weighted by molar-refractivity contribution is 5.98. The Morgan fingerprint density at radius 2 is 2.12 bits per heavy atom. The molecule has 4 rings (SSSR count). The number of fused-ring (bicyclic) bond motifs is 2. The largest absolute Gasteiger partial charge is 0.348 e. The van der Waals surface area contributed by atoms with Gasteiger partial charge in [-0.3, -0.25) is 4.79 Å². The Bertz CT molecular complexity index is 952. The number of amides is 1. The average molecular weight is 337 g/mol. The lowest BCUT2D eigenvalue weighted by Crippen LogP contribution is -2.41. The van der Waals surface area contributed by atoms with Gasteiger partial charge >= 0.3 is 0 Å². The molecule has 0 saturated heterocycles. The van der Waals surface area contributed by atoms with E-state index in [-0.39, 0.29) is 18.0 Å². The summed E-state index contributed by atoms with van der Waals surface area (Å²) >= 11 is 0.